The van der Waals surface area contributed by atoms with Gasteiger partial charge in [-0.25, -0.2) is 0 Å². The summed E-state index contributed by atoms with van der Waals surface area (Å²) >= 11 is 0. The average molecular weight is 358 g/mol. The third-order valence-electron chi connectivity index (χ3n) is 5.62. The first-order chi connectivity index (χ1) is 12.9. The summed E-state index contributed by atoms with van der Waals surface area (Å²) in [6, 6.07) is 14.3. The Morgan fingerprint density at radius 3 is 2.30 bits per heavy atom. The van der Waals surface area contributed by atoms with Gasteiger partial charge in [0, 0.05) is 44.7 Å². The zero-order valence-electron chi connectivity index (χ0n) is 15.8. The third-order valence-corrected chi connectivity index (χ3v) is 5.62. The molecule has 27 heavy (non-hydrogen) atoms. The van der Waals surface area contributed by atoms with Crippen LogP contribution in [0.3, 0.4) is 0 Å². The van der Waals surface area contributed by atoms with Gasteiger partial charge in [-0.1, -0.05) is 18.2 Å². The van der Waals surface area contributed by atoms with E-state index >= 15 is 0 Å². The molecule has 1 aromatic rings. The number of likely N-dealkylation sites (N-methyl/N-ethyl adjacent to an activating group) is 1. The van der Waals surface area contributed by atoms with Crippen LogP contribution in [0.5, 0.6) is 0 Å². The van der Waals surface area contributed by atoms with Crippen LogP contribution < -0.4 is 10.6 Å². The quantitative estimate of drug-likeness (QED) is 0.868. The van der Waals surface area contributed by atoms with Crippen molar-refractivity contribution in [3.8, 4) is 18.2 Å². The lowest BCUT2D eigenvalue weighted by molar-refractivity contribution is 0.237. The molecule has 0 spiro atoms. The molecule has 6 nitrogen and oxygen atoms in total. The molecule has 3 rings (SSSR count). The number of anilines is 1. The van der Waals surface area contributed by atoms with Crippen molar-refractivity contribution in [2.75, 3.05) is 39.1 Å². The van der Waals surface area contributed by atoms with Gasteiger partial charge >= 0.3 is 0 Å². The van der Waals surface area contributed by atoms with Gasteiger partial charge in [0.2, 0.25) is 0 Å². The monoisotopic (exact) mass is 358 g/mol. The molecule has 1 aliphatic heterocycles. The normalized spacial score (nSPS) is 24.1. The fourth-order valence-corrected chi connectivity index (χ4v) is 4.18. The van der Waals surface area contributed by atoms with E-state index in [4.69, 9.17) is 5.73 Å². The van der Waals surface area contributed by atoms with Crippen molar-refractivity contribution in [1.82, 2.24) is 4.90 Å². The average Bonchev–Trinajstić information content (AvgIpc) is 2.67. The molecule has 0 radical (unpaired) electrons. The summed E-state index contributed by atoms with van der Waals surface area (Å²) in [5.41, 5.74) is 7.86. The van der Waals surface area contributed by atoms with E-state index in [9.17, 15) is 15.8 Å². The third kappa shape index (κ3) is 2.74. The van der Waals surface area contributed by atoms with Crippen LogP contribution in [0.2, 0.25) is 0 Å². The second-order valence-electron chi connectivity index (χ2n) is 7.38. The highest BCUT2D eigenvalue weighted by Gasteiger charge is 2.54. The minimum absolute atomic E-state index is 0.0729. The van der Waals surface area contributed by atoms with Gasteiger partial charge in [-0.2, -0.15) is 15.8 Å². The van der Waals surface area contributed by atoms with Crippen LogP contribution in [0, 0.1) is 45.3 Å². The number of hydrogen-bond donors (Lipinski definition) is 1. The Morgan fingerprint density at radius 2 is 1.78 bits per heavy atom. The second-order valence-corrected chi connectivity index (χ2v) is 7.38. The van der Waals surface area contributed by atoms with E-state index < -0.39 is 11.3 Å². The van der Waals surface area contributed by atoms with Crippen molar-refractivity contribution >= 4 is 5.69 Å². The number of nitrogens with two attached hydrogens (primary N) is 1. The van der Waals surface area contributed by atoms with E-state index in [1.54, 1.807) is 0 Å². The predicted molar refractivity (Wildman–Crippen MR) is 103 cm³/mol. The molecule has 2 N–H and O–H groups in total. The Kier molecular flexibility index (Phi) is 4.66. The van der Waals surface area contributed by atoms with Gasteiger partial charge in [-0.15, -0.1) is 0 Å². The van der Waals surface area contributed by atoms with E-state index in [-0.39, 0.29) is 17.2 Å². The maximum atomic E-state index is 10.0. The van der Waals surface area contributed by atoms with Crippen LogP contribution in [0.15, 0.2) is 47.2 Å². The summed E-state index contributed by atoms with van der Waals surface area (Å²) in [5, 5.41) is 29.7. The van der Waals surface area contributed by atoms with E-state index in [0.717, 1.165) is 16.8 Å². The van der Waals surface area contributed by atoms with Crippen molar-refractivity contribution in [2.45, 2.75) is 5.92 Å². The minimum atomic E-state index is -1.56. The molecular formula is C21H22N6. The number of benzene rings is 1. The van der Waals surface area contributed by atoms with Gasteiger partial charge in [-0.3, -0.25) is 0 Å². The van der Waals surface area contributed by atoms with Crippen LogP contribution in [-0.4, -0.2) is 39.1 Å². The lowest BCUT2D eigenvalue weighted by atomic mass is 9.58. The number of nitriles is 3. The van der Waals surface area contributed by atoms with Crippen LogP contribution in [0.25, 0.3) is 0 Å². The van der Waals surface area contributed by atoms with Crippen LogP contribution in [-0.2, 0) is 0 Å². The van der Waals surface area contributed by atoms with E-state index in [0.29, 0.717) is 13.1 Å². The summed E-state index contributed by atoms with van der Waals surface area (Å²) in [6.45, 7) is 1.37. The standard InChI is InChI=1S/C21H22N6/c1-26(2)15-6-4-14(5-7-15)19-18-11-27(3)9-8-16(18)17(10-22)20(25)21(19,12-23)13-24/h4-8,18-19H,9,11,25H2,1-3H3. The molecule has 136 valence electrons. The molecule has 1 heterocycles. The van der Waals surface area contributed by atoms with E-state index in [1.807, 2.05) is 56.4 Å². The number of nitrogens with zero attached hydrogens (tertiary/aromatic N) is 5. The van der Waals surface area contributed by atoms with Crippen LogP contribution in [0.4, 0.5) is 5.69 Å². The summed E-state index contributed by atoms with van der Waals surface area (Å²) in [5.74, 6) is -0.579. The molecule has 2 atom stereocenters. The van der Waals surface area contributed by atoms with Crippen molar-refractivity contribution in [3.05, 3.63) is 52.7 Å². The number of allylic oxidation sites excluding steroid dienone is 2. The molecule has 0 fully saturated rings. The Morgan fingerprint density at radius 1 is 1.15 bits per heavy atom. The topological polar surface area (TPSA) is 104 Å². The fraction of sp³-hybridized carbons (Fsp3) is 0.381. The summed E-state index contributed by atoms with van der Waals surface area (Å²) in [7, 11) is 5.91. The highest BCUT2D eigenvalue weighted by molar-refractivity contribution is 5.60. The predicted octanol–water partition coefficient (Wildman–Crippen LogP) is 2.11. The number of fused-ring (bicyclic) bond motifs is 1. The molecule has 1 aromatic carbocycles. The second kappa shape index (κ2) is 6.80. The molecule has 0 amide bonds. The van der Waals surface area contributed by atoms with E-state index in [1.165, 1.54) is 0 Å². The number of hydrogen-bond acceptors (Lipinski definition) is 6. The van der Waals surface area contributed by atoms with Gasteiger partial charge in [0.05, 0.1) is 23.4 Å². The van der Waals surface area contributed by atoms with Gasteiger partial charge in [0.1, 0.15) is 6.07 Å². The highest BCUT2D eigenvalue weighted by Crippen LogP contribution is 2.54. The molecule has 0 aromatic heterocycles. The molecule has 0 saturated carbocycles. The molecular weight excluding hydrogens is 336 g/mol. The first-order valence-corrected chi connectivity index (χ1v) is 8.78. The molecule has 6 heteroatoms. The highest BCUT2D eigenvalue weighted by atomic mass is 15.1. The Labute approximate surface area is 160 Å². The maximum Gasteiger partial charge on any atom is 0.191 e. The van der Waals surface area contributed by atoms with Crippen LogP contribution in [0.1, 0.15) is 11.5 Å². The first-order valence-electron chi connectivity index (χ1n) is 8.78. The number of rotatable bonds is 2. The van der Waals surface area contributed by atoms with Crippen molar-refractivity contribution in [2.24, 2.45) is 17.1 Å². The Bertz CT molecular complexity index is 919. The summed E-state index contributed by atoms with van der Waals surface area (Å²) in [4.78, 5) is 4.12. The largest absolute Gasteiger partial charge is 0.399 e. The molecule has 0 saturated heterocycles. The Hall–Kier alpha value is -3.27. The van der Waals surface area contributed by atoms with Crippen molar-refractivity contribution < 1.29 is 0 Å². The zero-order valence-corrected chi connectivity index (χ0v) is 15.8. The van der Waals surface area contributed by atoms with Gasteiger partial charge in [0.25, 0.3) is 0 Å². The molecule has 1 aliphatic carbocycles. The van der Waals surface area contributed by atoms with Crippen molar-refractivity contribution in [1.29, 1.82) is 15.8 Å². The van der Waals surface area contributed by atoms with E-state index in [2.05, 4.69) is 23.1 Å². The first kappa shape index (κ1) is 18.5. The Balaban J connectivity index is 2.26. The van der Waals surface area contributed by atoms with Gasteiger partial charge < -0.3 is 15.5 Å². The summed E-state index contributed by atoms with van der Waals surface area (Å²) in [6.07, 6.45) is 2.00. The molecule has 2 unspecified atom stereocenters. The molecule has 0 bridgehead atoms. The van der Waals surface area contributed by atoms with Crippen molar-refractivity contribution in [3.63, 3.8) is 0 Å². The SMILES string of the molecule is CN1CC=C2C(C#N)=C(N)C(C#N)(C#N)C(c3ccc(N(C)C)cc3)C2C1. The fourth-order valence-electron chi connectivity index (χ4n) is 4.18. The maximum absolute atomic E-state index is 10.0. The lowest BCUT2D eigenvalue weighted by Crippen LogP contribution is -2.47. The molecule has 2 aliphatic rings. The lowest BCUT2D eigenvalue weighted by Gasteiger charge is -2.45. The zero-order chi connectivity index (χ0) is 19.8. The minimum Gasteiger partial charge on any atom is -0.399 e. The van der Waals surface area contributed by atoms with Crippen LogP contribution >= 0.6 is 0 Å². The van der Waals surface area contributed by atoms with Gasteiger partial charge in [-0.05, 0) is 30.3 Å². The summed E-state index contributed by atoms with van der Waals surface area (Å²) < 4.78 is 0. The van der Waals surface area contributed by atoms with Gasteiger partial charge in [0.15, 0.2) is 5.41 Å². The smallest absolute Gasteiger partial charge is 0.191 e.